The number of amides is 2. The Balaban J connectivity index is 2.51. The molecule has 0 radical (unpaired) electrons. The number of nitrogens with two attached hydrogens (primary N) is 1. The van der Waals surface area contributed by atoms with Crippen LogP contribution in [0.4, 0.5) is 4.79 Å². The van der Waals surface area contributed by atoms with Gasteiger partial charge in [-0.05, 0) is 0 Å². The molecule has 0 aromatic rings. The van der Waals surface area contributed by atoms with Crippen LogP contribution < -0.4 is 11.1 Å². The lowest BCUT2D eigenvalue weighted by Gasteiger charge is -2.24. The van der Waals surface area contributed by atoms with Gasteiger partial charge in [-0.2, -0.15) is 0 Å². The van der Waals surface area contributed by atoms with E-state index < -0.39 is 6.03 Å². The Bertz CT molecular complexity index is 168. The Morgan fingerprint density at radius 3 is 2.73 bits per heavy atom. The maximum atomic E-state index is 10.5. The first-order valence-electron chi connectivity index (χ1n) is 3.66. The molecule has 1 atom stereocenters. The smallest absolute Gasteiger partial charge is 0.312 e. The van der Waals surface area contributed by atoms with Crippen LogP contribution in [-0.2, 0) is 4.74 Å². The normalized spacial score (nSPS) is 28.4. The molecule has 2 amide bonds. The molecule has 0 aromatic carbocycles. The summed E-state index contributed by atoms with van der Waals surface area (Å²) in [6.07, 6.45) is 0. The molecule has 1 unspecified atom stereocenters. The molecule has 1 heterocycles. The molecule has 0 aliphatic carbocycles. The Hall–Kier alpha value is -0.770. The third-order valence-electron chi connectivity index (χ3n) is 2.02. The van der Waals surface area contributed by atoms with Gasteiger partial charge < -0.3 is 15.8 Å². The van der Waals surface area contributed by atoms with Crippen LogP contribution in [0.2, 0.25) is 0 Å². The van der Waals surface area contributed by atoms with E-state index in [9.17, 15) is 4.79 Å². The van der Waals surface area contributed by atoms with Crippen molar-refractivity contribution in [3.05, 3.63) is 0 Å². The highest BCUT2D eigenvalue weighted by Gasteiger charge is 2.36. The number of nitrogens with one attached hydrogen (secondary N) is 1. The summed E-state index contributed by atoms with van der Waals surface area (Å²) in [6, 6.07) is -0.423. The summed E-state index contributed by atoms with van der Waals surface area (Å²) in [5, 5.41) is 2.65. The quantitative estimate of drug-likeness (QED) is 0.567. The molecule has 0 aromatic heterocycles. The van der Waals surface area contributed by atoms with Crippen molar-refractivity contribution >= 4 is 6.03 Å². The third-order valence-corrected chi connectivity index (χ3v) is 2.02. The van der Waals surface area contributed by atoms with Crippen LogP contribution in [0, 0.1) is 5.41 Å². The first-order chi connectivity index (χ1) is 5.02. The number of primary amides is 1. The lowest BCUT2D eigenvalue weighted by Crippen LogP contribution is -2.46. The van der Waals surface area contributed by atoms with Crippen molar-refractivity contribution < 1.29 is 9.53 Å². The van der Waals surface area contributed by atoms with E-state index in [1.807, 2.05) is 13.8 Å². The molecule has 4 heteroatoms. The Morgan fingerprint density at radius 2 is 2.36 bits per heavy atom. The molecule has 11 heavy (non-hydrogen) atoms. The van der Waals surface area contributed by atoms with Crippen LogP contribution in [0.3, 0.4) is 0 Å². The zero-order chi connectivity index (χ0) is 8.48. The summed E-state index contributed by atoms with van der Waals surface area (Å²) < 4.78 is 5.20. The van der Waals surface area contributed by atoms with E-state index in [-0.39, 0.29) is 11.5 Å². The van der Waals surface area contributed by atoms with E-state index in [1.54, 1.807) is 0 Å². The van der Waals surface area contributed by atoms with Crippen molar-refractivity contribution in [2.75, 3.05) is 13.2 Å². The molecule has 4 nitrogen and oxygen atoms in total. The molecule has 1 aliphatic heterocycles. The Labute approximate surface area is 66.1 Å². The van der Waals surface area contributed by atoms with E-state index in [2.05, 4.69) is 5.32 Å². The number of carbonyl (C=O) groups is 1. The Kier molecular flexibility index (Phi) is 2.04. The van der Waals surface area contributed by atoms with Crippen LogP contribution in [0.25, 0.3) is 0 Å². The van der Waals surface area contributed by atoms with Crippen LogP contribution in [0.5, 0.6) is 0 Å². The third kappa shape index (κ3) is 1.83. The molecule has 1 fully saturated rings. The Morgan fingerprint density at radius 1 is 1.73 bits per heavy atom. The van der Waals surface area contributed by atoms with Gasteiger partial charge >= 0.3 is 6.03 Å². The van der Waals surface area contributed by atoms with E-state index in [0.29, 0.717) is 13.2 Å². The zero-order valence-electron chi connectivity index (χ0n) is 6.89. The highest BCUT2D eigenvalue weighted by atomic mass is 16.5. The fourth-order valence-corrected chi connectivity index (χ4v) is 1.17. The summed E-state index contributed by atoms with van der Waals surface area (Å²) in [7, 11) is 0. The molecule has 0 saturated carbocycles. The van der Waals surface area contributed by atoms with Crippen LogP contribution in [0.1, 0.15) is 13.8 Å². The fraction of sp³-hybridized carbons (Fsp3) is 0.857. The highest BCUT2D eigenvalue weighted by Crippen LogP contribution is 2.26. The summed E-state index contributed by atoms with van der Waals surface area (Å²) in [5.74, 6) is 0. The summed E-state index contributed by atoms with van der Waals surface area (Å²) in [5.41, 5.74) is 5.00. The number of urea groups is 1. The largest absolute Gasteiger partial charge is 0.379 e. The topological polar surface area (TPSA) is 64.3 Å². The number of carbonyl (C=O) groups excluding carboxylic acids is 1. The molecular weight excluding hydrogens is 144 g/mol. The maximum Gasteiger partial charge on any atom is 0.312 e. The summed E-state index contributed by atoms with van der Waals surface area (Å²) in [4.78, 5) is 10.5. The molecule has 0 spiro atoms. The molecule has 3 N–H and O–H groups in total. The van der Waals surface area contributed by atoms with Gasteiger partial charge in [-0.25, -0.2) is 4.79 Å². The minimum atomic E-state index is -0.478. The predicted octanol–water partition coefficient (Wildman–Crippen LogP) is 0.0797. The van der Waals surface area contributed by atoms with Gasteiger partial charge in [0.2, 0.25) is 0 Å². The van der Waals surface area contributed by atoms with Crippen molar-refractivity contribution in [3.63, 3.8) is 0 Å². The monoisotopic (exact) mass is 158 g/mol. The minimum Gasteiger partial charge on any atom is -0.379 e. The average Bonchev–Trinajstić information content (AvgIpc) is 2.10. The second-order valence-electron chi connectivity index (χ2n) is 3.56. The standard InChI is InChI=1S/C7H14N2O2/c1-7(2)4-11-3-5(7)9-6(8)10/h5H,3-4H2,1-2H3,(H3,8,9,10). The van der Waals surface area contributed by atoms with E-state index in [4.69, 9.17) is 10.5 Å². The zero-order valence-corrected chi connectivity index (χ0v) is 6.89. The molecule has 1 saturated heterocycles. The van der Waals surface area contributed by atoms with Gasteiger partial charge in [-0.1, -0.05) is 13.8 Å². The van der Waals surface area contributed by atoms with Crippen molar-refractivity contribution in [1.29, 1.82) is 0 Å². The highest BCUT2D eigenvalue weighted by molar-refractivity contribution is 5.72. The molecular formula is C7H14N2O2. The first kappa shape index (κ1) is 8.33. The second-order valence-corrected chi connectivity index (χ2v) is 3.56. The van der Waals surface area contributed by atoms with Gasteiger partial charge in [0.15, 0.2) is 0 Å². The van der Waals surface area contributed by atoms with Crippen molar-refractivity contribution in [2.45, 2.75) is 19.9 Å². The van der Waals surface area contributed by atoms with Gasteiger partial charge in [-0.3, -0.25) is 0 Å². The average molecular weight is 158 g/mol. The fourth-order valence-electron chi connectivity index (χ4n) is 1.17. The minimum absolute atomic E-state index is 0.00896. The van der Waals surface area contributed by atoms with E-state index >= 15 is 0 Å². The van der Waals surface area contributed by atoms with Crippen LogP contribution in [0.15, 0.2) is 0 Å². The molecule has 64 valence electrons. The van der Waals surface area contributed by atoms with Gasteiger partial charge in [0, 0.05) is 5.41 Å². The number of hydrogen-bond donors (Lipinski definition) is 2. The number of ether oxygens (including phenoxy) is 1. The lowest BCUT2D eigenvalue weighted by molar-refractivity contribution is 0.166. The van der Waals surface area contributed by atoms with E-state index in [1.165, 1.54) is 0 Å². The lowest BCUT2D eigenvalue weighted by atomic mass is 9.88. The van der Waals surface area contributed by atoms with Crippen LogP contribution >= 0.6 is 0 Å². The number of hydrogen-bond acceptors (Lipinski definition) is 2. The van der Waals surface area contributed by atoms with Gasteiger partial charge in [0.1, 0.15) is 0 Å². The molecule has 1 rings (SSSR count). The van der Waals surface area contributed by atoms with Gasteiger partial charge in [0.25, 0.3) is 0 Å². The predicted molar refractivity (Wildman–Crippen MR) is 41.1 cm³/mol. The summed E-state index contributed by atoms with van der Waals surface area (Å²) >= 11 is 0. The van der Waals surface area contributed by atoms with Crippen LogP contribution in [-0.4, -0.2) is 25.3 Å². The van der Waals surface area contributed by atoms with Crippen molar-refractivity contribution in [3.8, 4) is 0 Å². The van der Waals surface area contributed by atoms with Gasteiger partial charge in [-0.15, -0.1) is 0 Å². The molecule has 0 bridgehead atoms. The number of rotatable bonds is 1. The summed E-state index contributed by atoms with van der Waals surface area (Å²) in [6.45, 7) is 5.33. The van der Waals surface area contributed by atoms with E-state index in [0.717, 1.165) is 0 Å². The first-order valence-corrected chi connectivity index (χ1v) is 3.66. The maximum absolute atomic E-state index is 10.5. The van der Waals surface area contributed by atoms with Crippen molar-refractivity contribution in [1.82, 2.24) is 5.32 Å². The second kappa shape index (κ2) is 2.70. The van der Waals surface area contributed by atoms with Gasteiger partial charge in [0.05, 0.1) is 19.3 Å². The van der Waals surface area contributed by atoms with Crippen molar-refractivity contribution in [2.24, 2.45) is 11.1 Å². The SMILES string of the molecule is CC1(C)COCC1NC(N)=O. The molecule has 1 aliphatic rings.